The van der Waals surface area contributed by atoms with Gasteiger partial charge in [0.15, 0.2) is 0 Å². The third-order valence-corrected chi connectivity index (χ3v) is 2.48. The number of phenols is 1. The summed E-state index contributed by atoms with van der Waals surface area (Å²) in [6, 6.07) is 3.98. The van der Waals surface area contributed by atoms with Gasteiger partial charge >= 0.3 is 0 Å². The third-order valence-electron chi connectivity index (χ3n) is 2.48. The molecule has 1 aromatic carbocycles. The molecule has 1 heterocycles. The van der Waals surface area contributed by atoms with Crippen molar-refractivity contribution in [2.45, 2.75) is 25.3 Å². The highest BCUT2D eigenvalue weighted by Crippen LogP contribution is 2.38. The zero-order valence-corrected chi connectivity index (χ0v) is 7.72. The molecule has 1 aliphatic rings. The van der Waals surface area contributed by atoms with Gasteiger partial charge in [0.25, 0.3) is 5.92 Å². The minimum atomic E-state index is -2.77. The van der Waals surface area contributed by atoms with Gasteiger partial charge in [0, 0.05) is 13.3 Å². The molecule has 0 amide bonds. The van der Waals surface area contributed by atoms with E-state index in [1.165, 1.54) is 6.07 Å². The third kappa shape index (κ3) is 1.41. The van der Waals surface area contributed by atoms with Gasteiger partial charge in [0.2, 0.25) is 0 Å². The molecular weight excluding hydrogens is 188 g/mol. The summed E-state index contributed by atoms with van der Waals surface area (Å²) >= 11 is 0. The number of phenolic OH excluding ortho intramolecular Hbond substituents is 1. The van der Waals surface area contributed by atoms with Crippen LogP contribution in [0.15, 0.2) is 18.2 Å². The molecule has 1 aliphatic heterocycles. The van der Waals surface area contributed by atoms with Crippen molar-refractivity contribution < 1.29 is 13.9 Å². The van der Waals surface area contributed by atoms with E-state index in [0.29, 0.717) is 5.69 Å². The van der Waals surface area contributed by atoms with Crippen LogP contribution in [-0.2, 0) is 6.42 Å². The van der Waals surface area contributed by atoms with E-state index in [9.17, 15) is 13.9 Å². The highest BCUT2D eigenvalue weighted by Gasteiger charge is 2.38. The Hall–Kier alpha value is -1.32. The summed E-state index contributed by atoms with van der Waals surface area (Å²) in [5, 5.41) is 12.1. The van der Waals surface area contributed by atoms with Crippen LogP contribution in [0.1, 0.15) is 12.5 Å². The zero-order chi connectivity index (χ0) is 10.3. The van der Waals surface area contributed by atoms with Crippen LogP contribution in [0.25, 0.3) is 0 Å². The average Bonchev–Trinajstić information content (AvgIpc) is 2.48. The first kappa shape index (κ1) is 9.24. The van der Waals surface area contributed by atoms with E-state index in [-0.39, 0.29) is 12.2 Å². The summed E-state index contributed by atoms with van der Waals surface area (Å²) in [7, 11) is 0. The number of aromatic hydroxyl groups is 1. The van der Waals surface area contributed by atoms with Crippen LogP contribution in [0.5, 0.6) is 5.75 Å². The van der Waals surface area contributed by atoms with E-state index in [1.54, 1.807) is 12.1 Å². The van der Waals surface area contributed by atoms with Gasteiger partial charge in [0.1, 0.15) is 5.75 Å². The molecule has 14 heavy (non-hydrogen) atoms. The van der Waals surface area contributed by atoms with Crippen molar-refractivity contribution in [1.82, 2.24) is 0 Å². The van der Waals surface area contributed by atoms with Crippen molar-refractivity contribution >= 4 is 5.69 Å². The Bertz CT molecular complexity index is 360. The van der Waals surface area contributed by atoms with Crippen LogP contribution in [0.4, 0.5) is 14.5 Å². The summed E-state index contributed by atoms with van der Waals surface area (Å²) < 4.78 is 26.0. The molecule has 0 bridgehead atoms. The molecule has 1 atom stereocenters. The SMILES string of the molecule is CC(F)(F)C1Cc2cccc(O)c2N1. The molecule has 2 nitrogen and oxygen atoms in total. The summed E-state index contributed by atoms with van der Waals surface area (Å²) in [6.07, 6.45) is 0.257. The van der Waals surface area contributed by atoms with Crippen LogP contribution in [0.3, 0.4) is 0 Å². The predicted octanol–water partition coefficient (Wildman–Crippen LogP) is 2.38. The lowest BCUT2D eigenvalue weighted by Gasteiger charge is -2.18. The highest BCUT2D eigenvalue weighted by molar-refractivity contribution is 5.65. The van der Waals surface area contributed by atoms with Crippen molar-refractivity contribution in [3.05, 3.63) is 23.8 Å². The van der Waals surface area contributed by atoms with Gasteiger partial charge in [-0.2, -0.15) is 0 Å². The van der Waals surface area contributed by atoms with Gasteiger partial charge in [-0.3, -0.25) is 0 Å². The Morgan fingerprint density at radius 1 is 1.50 bits per heavy atom. The minimum absolute atomic E-state index is 0.0363. The fourth-order valence-electron chi connectivity index (χ4n) is 1.67. The Kier molecular flexibility index (Phi) is 1.87. The Balaban J connectivity index is 2.31. The molecule has 0 radical (unpaired) electrons. The van der Waals surface area contributed by atoms with Gasteiger partial charge in [0.05, 0.1) is 11.7 Å². The summed E-state index contributed by atoms with van der Waals surface area (Å²) in [4.78, 5) is 0. The van der Waals surface area contributed by atoms with Crippen molar-refractivity contribution in [2.24, 2.45) is 0 Å². The number of alkyl halides is 2. The lowest BCUT2D eigenvalue weighted by Crippen LogP contribution is -2.35. The first-order valence-electron chi connectivity index (χ1n) is 4.43. The Labute approximate surface area is 80.6 Å². The van der Waals surface area contributed by atoms with E-state index < -0.39 is 12.0 Å². The molecule has 0 saturated carbocycles. The number of halogens is 2. The number of hydrogen-bond acceptors (Lipinski definition) is 2. The lowest BCUT2D eigenvalue weighted by atomic mass is 10.1. The smallest absolute Gasteiger partial charge is 0.265 e. The monoisotopic (exact) mass is 199 g/mol. The van der Waals surface area contributed by atoms with Gasteiger partial charge in [-0.25, -0.2) is 8.78 Å². The van der Waals surface area contributed by atoms with E-state index in [4.69, 9.17) is 0 Å². The van der Waals surface area contributed by atoms with Crippen LogP contribution in [0.2, 0.25) is 0 Å². The van der Waals surface area contributed by atoms with Crippen molar-refractivity contribution in [1.29, 1.82) is 0 Å². The van der Waals surface area contributed by atoms with Crippen LogP contribution >= 0.6 is 0 Å². The molecule has 1 unspecified atom stereocenters. The van der Waals surface area contributed by atoms with Gasteiger partial charge in [-0.1, -0.05) is 12.1 Å². The number of fused-ring (bicyclic) bond motifs is 1. The molecule has 0 spiro atoms. The number of para-hydroxylation sites is 1. The maximum Gasteiger partial charge on any atom is 0.265 e. The quantitative estimate of drug-likeness (QED) is 0.680. The maximum atomic E-state index is 13.0. The fourth-order valence-corrected chi connectivity index (χ4v) is 1.67. The topological polar surface area (TPSA) is 32.3 Å². The minimum Gasteiger partial charge on any atom is -0.506 e. The van der Waals surface area contributed by atoms with E-state index in [1.807, 2.05) is 0 Å². The number of nitrogens with one attached hydrogen (secondary N) is 1. The molecule has 0 aromatic heterocycles. The Morgan fingerprint density at radius 3 is 2.79 bits per heavy atom. The van der Waals surface area contributed by atoms with Crippen LogP contribution < -0.4 is 5.32 Å². The normalized spacial score (nSPS) is 20.4. The van der Waals surface area contributed by atoms with E-state index in [2.05, 4.69) is 5.32 Å². The first-order valence-corrected chi connectivity index (χ1v) is 4.43. The lowest BCUT2D eigenvalue weighted by molar-refractivity contribution is 0.00370. The van der Waals surface area contributed by atoms with Gasteiger partial charge < -0.3 is 10.4 Å². The molecule has 0 saturated heterocycles. The number of benzene rings is 1. The molecule has 0 fully saturated rings. The van der Waals surface area contributed by atoms with E-state index in [0.717, 1.165) is 12.5 Å². The number of hydrogen-bond donors (Lipinski definition) is 2. The summed E-state index contributed by atoms with van der Waals surface area (Å²) in [5.41, 5.74) is 1.19. The second kappa shape index (κ2) is 2.83. The van der Waals surface area contributed by atoms with Gasteiger partial charge in [-0.05, 0) is 11.6 Å². The second-order valence-electron chi connectivity index (χ2n) is 3.67. The number of rotatable bonds is 1. The predicted molar refractivity (Wildman–Crippen MR) is 49.8 cm³/mol. The zero-order valence-electron chi connectivity index (χ0n) is 7.72. The van der Waals surface area contributed by atoms with Crippen LogP contribution in [0, 0.1) is 0 Å². The van der Waals surface area contributed by atoms with Crippen molar-refractivity contribution in [3.8, 4) is 5.75 Å². The molecule has 4 heteroatoms. The Morgan fingerprint density at radius 2 is 2.21 bits per heavy atom. The average molecular weight is 199 g/mol. The summed E-state index contributed by atoms with van der Waals surface area (Å²) in [5.74, 6) is -2.74. The van der Waals surface area contributed by atoms with Crippen LogP contribution in [-0.4, -0.2) is 17.1 Å². The largest absolute Gasteiger partial charge is 0.506 e. The maximum absolute atomic E-state index is 13.0. The molecular formula is C10H11F2NO. The first-order chi connectivity index (χ1) is 6.48. The molecule has 2 N–H and O–H groups in total. The molecule has 1 aromatic rings. The second-order valence-corrected chi connectivity index (χ2v) is 3.67. The van der Waals surface area contributed by atoms with E-state index >= 15 is 0 Å². The standard InChI is InChI=1S/C10H11F2NO/c1-10(11,12)8-5-6-3-2-4-7(14)9(6)13-8/h2-4,8,13-14H,5H2,1H3. The number of anilines is 1. The van der Waals surface area contributed by atoms with Crippen molar-refractivity contribution in [2.75, 3.05) is 5.32 Å². The highest BCUT2D eigenvalue weighted by atomic mass is 19.3. The molecule has 0 aliphatic carbocycles. The van der Waals surface area contributed by atoms with Crippen molar-refractivity contribution in [3.63, 3.8) is 0 Å². The molecule has 2 rings (SSSR count). The summed E-state index contributed by atoms with van der Waals surface area (Å²) in [6.45, 7) is 0.883. The fraction of sp³-hybridized carbons (Fsp3) is 0.400. The van der Waals surface area contributed by atoms with Gasteiger partial charge in [-0.15, -0.1) is 0 Å². The molecule has 76 valence electrons.